The highest BCUT2D eigenvalue weighted by Gasteiger charge is 2.80. The average molecular weight is 457 g/mol. The van der Waals surface area contributed by atoms with E-state index in [1.54, 1.807) is 7.11 Å². The quantitative estimate of drug-likeness (QED) is 0.539. The van der Waals surface area contributed by atoms with Gasteiger partial charge in [-0.05, 0) is 31.0 Å². The molecule has 1 saturated carbocycles. The van der Waals surface area contributed by atoms with Crippen LogP contribution >= 0.6 is 0 Å². The van der Waals surface area contributed by atoms with E-state index in [-0.39, 0.29) is 6.04 Å². The van der Waals surface area contributed by atoms with E-state index < -0.39 is 40.3 Å². The van der Waals surface area contributed by atoms with E-state index in [1.165, 1.54) is 14.2 Å². The van der Waals surface area contributed by atoms with Crippen LogP contribution in [0.3, 0.4) is 0 Å². The van der Waals surface area contributed by atoms with Crippen LogP contribution in [-0.4, -0.2) is 81.1 Å². The number of carbonyl (C=O) groups is 2. The number of rotatable bonds is 4. The maximum Gasteiger partial charge on any atom is 0.341 e. The van der Waals surface area contributed by atoms with Crippen molar-refractivity contribution in [2.24, 2.45) is 11.3 Å². The predicted molar refractivity (Wildman–Crippen MR) is 121 cm³/mol. The van der Waals surface area contributed by atoms with Crippen molar-refractivity contribution in [3.8, 4) is 5.75 Å². The van der Waals surface area contributed by atoms with Crippen molar-refractivity contribution in [3.05, 3.63) is 35.9 Å². The smallest absolute Gasteiger partial charge is 0.341 e. The molecule has 0 bridgehead atoms. The summed E-state index contributed by atoms with van der Waals surface area (Å²) < 4.78 is 15.9. The molecule has 8 nitrogen and oxygen atoms in total. The first-order chi connectivity index (χ1) is 15.8. The molecule has 2 fully saturated rings. The summed E-state index contributed by atoms with van der Waals surface area (Å²) in [6.07, 6.45) is 5.42. The molecule has 33 heavy (non-hydrogen) atoms. The summed E-state index contributed by atoms with van der Waals surface area (Å²) in [5.41, 5.74) is -1.53. The van der Waals surface area contributed by atoms with Gasteiger partial charge in [0.15, 0.2) is 5.60 Å². The SMILES string of the molecule is CCC12C=CCN3CCC4(c5ccc(OC)cc5N(C)C4C(O)(C(=O)OC)C1C(=O)OC)C32. The lowest BCUT2D eigenvalue weighted by molar-refractivity contribution is -0.209. The molecule has 5 rings (SSSR count). The molecule has 8 heteroatoms. The highest BCUT2D eigenvalue weighted by molar-refractivity contribution is 5.92. The molecular formula is C25H32N2O6. The molecule has 1 spiro atoms. The Morgan fingerprint density at radius 1 is 1.18 bits per heavy atom. The third-order valence-corrected chi connectivity index (χ3v) is 8.86. The van der Waals surface area contributed by atoms with Gasteiger partial charge in [0, 0.05) is 42.2 Å². The van der Waals surface area contributed by atoms with E-state index in [4.69, 9.17) is 14.2 Å². The van der Waals surface area contributed by atoms with Crippen molar-refractivity contribution >= 4 is 17.6 Å². The number of aliphatic hydroxyl groups is 1. The number of anilines is 1. The van der Waals surface area contributed by atoms with Crippen molar-refractivity contribution in [1.29, 1.82) is 0 Å². The van der Waals surface area contributed by atoms with Crippen LogP contribution in [0.25, 0.3) is 0 Å². The van der Waals surface area contributed by atoms with E-state index in [1.807, 2.05) is 31.0 Å². The maximum absolute atomic E-state index is 13.5. The van der Waals surface area contributed by atoms with Crippen molar-refractivity contribution in [3.63, 3.8) is 0 Å². The van der Waals surface area contributed by atoms with Gasteiger partial charge in [0.05, 0.1) is 27.4 Å². The molecule has 1 aromatic carbocycles. The lowest BCUT2D eigenvalue weighted by Gasteiger charge is -2.63. The normalized spacial score (nSPS) is 38.4. The Labute approximate surface area is 194 Å². The number of carbonyl (C=O) groups excluding carboxylic acids is 2. The van der Waals surface area contributed by atoms with Gasteiger partial charge in [-0.3, -0.25) is 9.69 Å². The fourth-order valence-corrected chi connectivity index (χ4v) is 7.89. The van der Waals surface area contributed by atoms with Gasteiger partial charge in [-0.25, -0.2) is 4.79 Å². The number of methoxy groups -OCH3 is 3. The van der Waals surface area contributed by atoms with Gasteiger partial charge in [0.25, 0.3) is 0 Å². The number of hydrogen-bond acceptors (Lipinski definition) is 8. The minimum Gasteiger partial charge on any atom is -0.497 e. The number of fused-ring (bicyclic) bond motifs is 1. The van der Waals surface area contributed by atoms with Crippen LogP contribution in [0.15, 0.2) is 30.4 Å². The van der Waals surface area contributed by atoms with Crippen LogP contribution in [-0.2, 0) is 24.5 Å². The van der Waals surface area contributed by atoms with Gasteiger partial charge in [-0.1, -0.05) is 25.1 Å². The summed E-state index contributed by atoms with van der Waals surface area (Å²) in [7, 11) is 6.06. The van der Waals surface area contributed by atoms with Crippen LogP contribution < -0.4 is 9.64 Å². The summed E-state index contributed by atoms with van der Waals surface area (Å²) >= 11 is 0. The first kappa shape index (κ1) is 22.2. The van der Waals surface area contributed by atoms with Crippen LogP contribution in [0.2, 0.25) is 0 Å². The van der Waals surface area contributed by atoms with Crippen molar-refractivity contribution < 1.29 is 28.9 Å². The van der Waals surface area contributed by atoms with Crippen molar-refractivity contribution in [2.45, 2.75) is 42.9 Å². The minimum absolute atomic E-state index is 0.0869. The molecule has 0 aromatic heterocycles. The number of likely N-dealkylation sites (N-methyl/N-ethyl adjacent to an activating group) is 1. The molecular weight excluding hydrogens is 424 g/mol. The van der Waals surface area contributed by atoms with Crippen LogP contribution in [0.4, 0.5) is 5.69 Å². The summed E-state index contributed by atoms with van der Waals surface area (Å²) in [6.45, 7) is 3.58. The van der Waals surface area contributed by atoms with Crippen LogP contribution in [0, 0.1) is 11.3 Å². The highest BCUT2D eigenvalue weighted by atomic mass is 16.5. The molecule has 3 aliphatic heterocycles. The molecule has 6 atom stereocenters. The van der Waals surface area contributed by atoms with Gasteiger partial charge in [0.1, 0.15) is 11.7 Å². The van der Waals surface area contributed by atoms with E-state index in [9.17, 15) is 14.7 Å². The summed E-state index contributed by atoms with van der Waals surface area (Å²) in [5.74, 6) is -1.83. The average Bonchev–Trinajstić information content (AvgIpc) is 3.35. The molecule has 0 amide bonds. The monoisotopic (exact) mass is 456 g/mol. The highest BCUT2D eigenvalue weighted by Crippen LogP contribution is 2.68. The zero-order valence-electron chi connectivity index (χ0n) is 19.8. The molecule has 0 radical (unpaired) electrons. The second-order valence-electron chi connectivity index (χ2n) is 9.73. The van der Waals surface area contributed by atoms with E-state index in [0.29, 0.717) is 12.2 Å². The van der Waals surface area contributed by atoms with Gasteiger partial charge in [-0.15, -0.1) is 0 Å². The number of benzene rings is 1. The Morgan fingerprint density at radius 2 is 1.94 bits per heavy atom. The van der Waals surface area contributed by atoms with Crippen molar-refractivity contribution in [2.75, 3.05) is 46.4 Å². The van der Waals surface area contributed by atoms with E-state index in [0.717, 1.165) is 30.8 Å². The van der Waals surface area contributed by atoms with Gasteiger partial charge in [-0.2, -0.15) is 0 Å². The number of nitrogens with zero attached hydrogens (tertiary/aromatic N) is 2. The minimum atomic E-state index is -2.12. The Balaban J connectivity index is 1.88. The Hall–Kier alpha value is -2.58. The Bertz CT molecular complexity index is 1040. The molecule has 1 aromatic rings. The lowest BCUT2D eigenvalue weighted by Crippen LogP contribution is -2.80. The molecule has 1 N–H and O–H groups in total. The second kappa shape index (κ2) is 7.21. The Morgan fingerprint density at radius 3 is 2.58 bits per heavy atom. The first-order valence-electron chi connectivity index (χ1n) is 11.5. The molecule has 178 valence electrons. The lowest BCUT2D eigenvalue weighted by atomic mass is 9.45. The first-order valence-corrected chi connectivity index (χ1v) is 11.5. The van der Waals surface area contributed by atoms with E-state index >= 15 is 0 Å². The standard InChI is InChI=1S/C25H32N2O6/c1-6-23-10-7-12-27-13-11-24(20(23)27)16-9-8-15(31-3)14-17(16)26(2)21(24)25(30,22(29)33-5)18(23)19(28)32-4/h7-10,14,18,20-21,30H,6,11-13H2,1-5H3. The summed E-state index contributed by atoms with van der Waals surface area (Å²) in [5, 5.41) is 12.5. The maximum atomic E-state index is 13.5. The molecule has 4 aliphatic rings. The molecule has 1 saturated heterocycles. The van der Waals surface area contributed by atoms with Crippen molar-refractivity contribution in [1.82, 2.24) is 4.90 Å². The zero-order chi connectivity index (χ0) is 23.8. The zero-order valence-corrected chi connectivity index (χ0v) is 19.8. The predicted octanol–water partition coefficient (Wildman–Crippen LogP) is 1.50. The van der Waals surface area contributed by atoms with Gasteiger partial charge < -0.3 is 24.2 Å². The third kappa shape index (κ3) is 2.38. The topological polar surface area (TPSA) is 88.5 Å². The molecule has 1 aliphatic carbocycles. The summed E-state index contributed by atoms with van der Waals surface area (Å²) in [4.78, 5) is 31.3. The summed E-state index contributed by atoms with van der Waals surface area (Å²) in [6, 6.07) is 5.15. The fraction of sp³-hybridized carbons (Fsp3) is 0.600. The third-order valence-electron chi connectivity index (χ3n) is 8.86. The number of esters is 2. The number of hydrogen-bond donors (Lipinski definition) is 1. The van der Waals surface area contributed by atoms with E-state index in [2.05, 4.69) is 23.1 Å². The molecule has 3 heterocycles. The fourth-order valence-electron chi connectivity index (χ4n) is 7.89. The van der Waals surface area contributed by atoms with Gasteiger partial charge in [0.2, 0.25) is 0 Å². The van der Waals surface area contributed by atoms with Crippen LogP contribution in [0.5, 0.6) is 5.75 Å². The number of ether oxygens (including phenoxy) is 3. The second-order valence-corrected chi connectivity index (χ2v) is 9.73. The molecule has 6 unspecified atom stereocenters. The largest absolute Gasteiger partial charge is 0.497 e. The van der Waals surface area contributed by atoms with Gasteiger partial charge >= 0.3 is 11.9 Å². The van der Waals surface area contributed by atoms with Crippen LogP contribution in [0.1, 0.15) is 25.3 Å². The Kier molecular flexibility index (Phi) is 4.85.